The first kappa shape index (κ1) is 17.2. The van der Waals surface area contributed by atoms with Crippen LogP contribution >= 0.6 is 0 Å². The molecule has 0 saturated carbocycles. The van der Waals surface area contributed by atoms with Crippen LogP contribution in [-0.2, 0) is 9.53 Å². The summed E-state index contributed by atoms with van der Waals surface area (Å²) in [5, 5.41) is 11.8. The molecular weight excluding hydrogens is 318 g/mol. The highest BCUT2D eigenvalue weighted by Crippen LogP contribution is 2.44. The quantitative estimate of drug-likeness (QED) is 0.848. The molecule has 25 heavy (non-hydrogen) atoms. The van der Waals surface area contributed by atoms with E-state index in [1.54, 1.807) is 0 Å². The van der Waals surface area contributed by atoms with E-state index in [1.807, 2.05) is 36.4 Å². The molecule has 2 N–H and O–H groups in total. The number of carbonyl (C=O) groups excluding carboxylic acids is 2. The monoisotopic (exact) mass is 339 g/mol. The molecule has 2 aromatic carbocycles. The highest BCUT2D eigenvalue weighted by atomic mass is 16.5. The molecular formula is C20H21NO4. The summed E-state index contributed by atoms with van der Waals surface area (Å²) in [4.78, 5) is 23.2. The van der Waals surface area contributed by atoms with Crippen molar-refractivity contribution in [1.29, 1.82) is 0 Å². The van der Waals surface area contributed by atoms with Crippen LogP contribution in [0, 0.1) is 0 Å². The summed E-state index contributed by atoms with van der Waals surface area (Å²) in [6, 6.07) is 15.6. The summed E-state index contributed by atoms with van der Waals surface area (Å²) in [6.45, 7) is 1.32. The summed E-state index contributed by atoms with van der Waals surface area (Å²) in [6.07, 6.45) is -0.539. The number of amides is 1. The van der Waals surface area contributed by atoms with E-state index < -0.39 is 12.1 Å². The van der Waals surface area contributed by atoms with Gasteiger partial charge in [0.15, 0.2) is 0 Å². The molecule has 0 bridgehead atoms. The van der Waals surface area contributed by atoms with Crippen LogP contribution in [0.25, 0.3) is 11.1 Å². The van der Waals surface area contributed by atoms with Gasteiger partial charge in [0, 0.05) is 12.3 Å². The highest BCUT2D eigenvalue weighted by Gasteiger charge is 2.29. The van der Waals surface area contributed by atoms with Gasteiger partial charge in [-0.25, -0.2) is 4.79 Å². The molecule has 3 rings (SSSR count). The molecule has 0 saturated heterocycles. The number of carbonyl (C=O) groups is 2. The van der Waals surface area contributed by atoms with Crippen molar-refractivity contribution in [2.24, 2.45) is 0 Å². The Bertz CT molecular complexity index is 741. The van der Waals surface area contributed by atoms with Crippen LogP contribution in [-0.4, -0.2) is 36.2 Å². The maximum Gasteiger partial charge on any atom is 0.407 e. The van der Waals surface area contributed by atoms with Crippen molar-refractivity contribution in [1.82, 2.24) is 5.32 Å². The van der Waals surface area contributed by atoms with E-state index in [0.717, 1.165) is 22.3 Å². The fourth-order valence-corrected chi connectivity index (χ4v) is 3.31. The van der Waals surface area contributed by atoms with Crippen LogP contribution in [0.2, 0.25) is 0 Å². The van der Waals surface area contributed by atoms with Gasteiger partial charge in [0.2, 0.25) is 0 Å². The van der Waals surface area contributed by atoms with E-state index in [-0.39, 0.29) is 31.3 Å². The summed E-state index contributed by atoms with van der Waals surface area (Å²) in [5.74, 6) is -0.114. The molecule has 0 heterocycles. The van der Waals surface area contributed by atoms with Gasteiger partial charge in [0.1, 0.15) is 12.4 Å². The van der Waals surface area contributed by atoms with Crippen LogP contribution in [0.4, 0.5) is 4.79 Å². The van der Waals surface area contributed by atoms with Gasteiger partial charge >= 0.3 is 6.09 Å². The SMILES string of the molecule is CC(=O)CC(CO)NC(=O)OCC1c2ccccc2-c2ccccc21. The first-order chi connectivity index (χ1) is 12.1. The molecule has 130 valence electrons. The molecule has 0 aliphatic heterocycles. The Labute approximate surface area is 146 Å². The third kappa shape index (κ3) is 3.72. The number of ether oxygens (including phenoxy) is 1. The Morgan fingerprint density at radius 2 is 1.64 bits per heavy atom. The van der Waals surface area contributed by atoms with E-state index in [2.05, 4.69) is 17.4 Å². The second kappa shape index (κ2) is 7.49. The normalized spacial score (nSPS) is 13.7. The van der Waals surface area contributed by atoms with Gasteiger partial charge in [-0.1, -0.05) is 48.5 Å². The number of nitrogens with one attached hydrogen (secondary N) is 1. The average Bonchev–Trinajstić information content (AvgIpc) is 2.93. The molecule has 5 nitrogen and oxygen atoms in total. The molecule has 1 atom stereocenters. The van der Waals surface area contributed by atoms with Gasteiger partial charge < -0.3 is 15.2 Å². The lowest BCUT2D eigenvalue weighted by atomic mass is 9.98. The van der Waals surface area contributed by atoms with Crippen LogP contribution in [0.5, 0.6) is 0 Å². The fraction of sp³-hybridized carbons (Fsp3) is 0.300. The highest BCUT2D eigenvalue weighted by molar-refractivity contribution is 5.79. The molecule has 1 aliphatic carbocycles. The van der Waals surface area contributed by atoms with E-state index in [1.165, 1.54) is 6.92 Å². The Balaban J connectivity index is 1.69. The van der Waals surface area contributed by atoms with Crippen LogP contribution in [0.1, 0.15) is 30.4 Å². The number of Topliss-reactive ketones (excluding diaryl/α,β-unsaturated/α-hetero) is 1. The third-order valence-corrected chi connectivity index (χ3v) is 4.42. The number of aliphatic hydroxyl groups is 1. The molecule has 1 unspecified atom stereocenters. The topological polar surface area (TPSA) is 75.6 Å². The van der Waals surface area contributed by atoms with Crippen molar-refractivity contribution in [3.8, 4) is 11.1 Å². The molecule has 0 radical (unpaired) electrons. The second-order valence-corrected chi connectivity index (χ2v) is 6.26. The fourth-order valence-electron chi connectivity index (χ4n) is 3.31. The van der Waals surface area contributed by atoms with Crippen LogP contribution < -0.4 is 5.32 Å². The first-order valence-electron chi connectivity index (χ1n) is 8.32. The lowest BCUT2D eigenvalue weighted by Crippen LogP contribution is -2.39. The van der Waals surface area contributed by atoms with Gasteiger partial charge in [0.05, 0.1) is 12.6 Å². The summed E-state index contributed by atoms with van der Waals surface area (Å²) >= 11 is 0. The predicted molar refractivity (Wildman–Crippen MR) is 94.4 cm³/mol. The van der Waals surface area contributed by atoms with Gasteiger partial charge in [0.25, 0.3) is 0 Å². The number of alkyl carbamates (subject to hydrolysis) is 1. The van der Waals surface area contributed by atoms with E-state index in [4.69, 9.17) is 4.74 Å². The second-order valence-electron chi connectivity index (χ2n) is 6.26. The third-order valence-electron chi connectivity index (χ3n) is 4.42. The van der Waals surface area contributed by atoms with Crippen molar-refractivity contribution in [3.05, 3.63) is 59.7 Å². The Morgan fingerprint density at radius 1 is 1.08 bits per heavy atom. The van der Waals surface area contributed by atoms with Gasteiger partial charge in [-0.2, -0.15) is 0 Å². The molecule has 1 amide bonds. The lowest BCUT2D eigenvalue weighted by Gasteiger charge is -2.17. The maximum absolute atomic E-state index is 12.0. The number of rotatable bonds is 6. The van der Waals surface area contributed by atoms with Crippen molar-refractivity contribution in [3.63, 3.8) is 0 Å². The zero-order valence-corrected chi connectivity index (χ0v) is 14.1. The van der Waals surface area contributed by atoms with Crippen molar-refractivity contribution < 1.29 is 19.4 Å². The molecule has 0 aromatic heterocycles. The largest absolute Gasteiger partial charge is 0.449 e. The van der Waals surface area contributed by atoms with Gasteiger partial charge in [-0.15, -0.1) is 0 Å². The molecule has 1 aliphatic rings. The molecule has 0 fully saturated rings. The van der Waals surface area contributed by atoms with E-state index in [0.29, 0.717) is 0 Å². The minimum Gasteiger partial charge on any atom is -0.449 e. The Morgan fingerprint density at radius 3 is 2.16 bits per heavy atom. The zero-order valence-electron chi connectivity index (χ0n) is 14.1. The minimum atomic E-state index is -0.623. The van der Waals surface area contributed by atoms with Gasteiger partial charge in [-0.3, -0.25) is 4.79 Å². The summed E-state index contributed by atoms with van der Waals surface area (Å²) in [7, 11) is 0. The minimum absolute atomic E-state index is 0.0152. The van der Waals surface area contributed by atoms with Crippen molar-refractivity contribution in [2.45, 2.75) is 25.3 Å². The first-order valence-corrected chi connectivity index (χ1v) is 8.32. The molecule has 2 aromatic rings. The standard InChI is InChI=1S/C20H21NO4/c1-13(23)10-14(11-22)21-20(24)25-12-19-17-8-4-2-6-15(17)16-7-3-5-9-18(16)19/h2-9,14,19,22H,10-12H2,1H3,(H,21,24). The summed E-state index contributed by atoms with van der Waals surface area (Å²) < 4.78 is 5.38. The summed E-state index contributed by atoms with van der Waals surface area (Å²) in [5.41, 5.74) is 4.60. The average molecular weight is 339 g/mol. The number of benzene rings is 2. The maximum atomic E-state index is 12.0. The van der Waals surface area contributed by atoms with Crippen LogP contribution in [0.15, 0.2) is 48.5 Å². The Kier molecular flexibility index (Phi) is 5.14. The smallest absolute Gasteiger partial charge is 0.407 e. The number of aliphatic hydroxyl groups excluding tert-OH is 1. The van der Waals surface area contributed by atoms with Crippen molar-refractivity contribution >= 4 is 11.9 Å². The number of fused-ring (bicyclic) bond motifs is 3. The van der Waals surface area contributed by atoms with E-state index in [9.17, 15) is 14.7 Å². The number of hydrogen-bond acceptors (Lipinski definition) is 4. The number of ketones is 1. The van der Waals surface area contributed by atoms with Crippen molar-refractivity contribution in [2.75, 3.05) is 13.2 Å². The Hall–Kier alpha value is -2.66. The lowest BCUT2D eigenvalue weighted by molar-refractivity contribution is -0.117. The zero-order chi connectivity index (χ0) is 17.8. The molecule has 5 heteroatoms. The van der Waals surface area contributed by atoms with Crippen LogP contribution in [0.3, 0.4) is 0 Å². The predicted octanol–water partition coefficient (Wildman–Crippen LogP) is 2.87. The molecule has 0 spiro atoms. The van der Waals surface area contributed by atoms with Gasteiger partial charge in [-0.05, 0) is 29.2 Å². The van der Waals surface area contributed by atoms with E-state index >= 15 is 0 Å². The number of hydrogen-bond donors (Lipinski definition) is 2.